The fourth-order valence-corrected chi connectivity index (χ4v) is 4.10. The van der Waals surface area contributed by atoms with Crippen LogP contribution in [0.1, 0.15) is 49.6 Å². The maximum Gasteiger partial charge on any atom is 0.147 e. The molecule has 0 aliphatic carbocycles. The third-order valence-electron chi connectivity index (χ3n) is 5.99. The molecule has 0 unspecified atom stereocenters. The average Bonchev–Trinajstić information content (AvgIpc) is 3.20. The summed E-state index contributed by atoms with van der Waals surface area (Å²) in [5.74, 6) is 4.00. The van der Waals surface area contributed by atoms with Gasteiger partial charge in [-0.2, -0.15) is 0 Å². The molecule has 0 bridgehead atoms. The molecule has 5 nitrogen and oxygen atoms in total. The van der Waals surface area contributed by atoms with Gasteiger partial charge < -0.3 is 18.8 Å². The van der Waals surface area contributed by atoms with Gasteiger partial charge in [-0.15, -0.1) is 0 Å². The van der Waals surface area contributed by atoms with Crippen LogP contribution in [-0.2, 0) is 13.2 Å². The van der Waals surface area contributed by atoms with Gasteiger partial charge in [0.25, 0.3) is 0 Å². The van der Waals surface area contributed by atoms with Crippen LogP contribution in [0, 0.1) is 6.92 Å². The second-order valence-corrected chi connectivity index (χ2v) is 8.88. The van der Waals surface area contributed by atoms with E-state index in [1.807, 2.05) is 30.3 Å². The van der Waals surface area contributed by atoms with Crippen molar-refractivity contribution in [2.45, 2.75) is 52.7 Å². The molecule has 4 rings (SSSR count). The summed E-state index contributed by atoms with van der Waals surface area (Å²) in [5.41, 5.74) is 4.63. The van der Waals surface area contributed by atoms with Crippen LogP contribution in [0.15, 0.2) is 66.7 Å². The average molecular weight is 459 g/mol. The Morgan fingerprint density at radius 2 is 1.65 bits per heavy atom. The van der Waals surface area contributed by atoms with E-state index >= 15 is 0 Å². The second-order valence-electron chi connectivity index (χ2n) is 8.88. The molecule has 4 aromatic rings. The fourth-order valence-electron chi connectivity index (χ4n) is 4.10. The van der Waals surface area contributed by atoms with Gasteiger partial charge in [0.1, 0.15) is 29.7 Å². The lowest BCUT2D eigenvalue weighted by Gasteiger charge is -2.15. The van der Waals surface area contributed by atoms with E-state index in [1.54, 1.807) is 7.11 Å². The first kappa shape index (κ1) is 23.7. The minimum absolute atomic E-state index is 0.415. The SMILES string of the molecule is COc1ccc(OCc2nc3ccccc3n2CCCCOc2cc(C)ccc2C(C)C)cc1. The molecule has 0 aliphatic rings. The zero-order valence-electron chi connectivity index (χ0n) is 20.6. The first-order valence-electron chi connectivity index (χ1n) is 12.0. The largest absolute Gasteiger partial charge is 0.497 e. The monoisotopic (exact) mass is 458 g/mol. The van der Waals surface area contributed by atoms with E-state index in [1.165, 1.54) is 11.1 Å². The molecule has 1 aromatic heterocycles. The van der Waals surface area contributed by atoms with Gasteiger partial charge in [-0.3, -0.25) is 0 Å². The predicted molar refractivity (Wildman–Crippen MR) is 137 cm³/mol. The van der Waals surface area contributed by atoms with Crippen LogP contribution in [-0.4, -0.2) is 23.3 Å². The Morgan fingerprint density at radius 3 is 2.41 bits per heavy atom. The van der Waals surface area contributed by atoms with E-state index in [0.717, 1.165) is 53.5 Å². The van der Waals surface area contributed by atoms with Crippen LogP contribution in [0.2, 0.25) is 0 Å². The lowest BCUT2D eigenvalue weighted by atomic mass is 10.0. The molecular weight excluding hydrogens is 424 g/mol. The van der Waals surface area contributed by atoms with Crippen LogP contribution < -0.4 is 14.2 Å². The maximum atomic E-state index is 6.18. The number of methoxy groups -OCH3 is 1. The molecule has 0 saturated heterocycles. The second kappa shape index (κ2) is 11.1. The molecule has 0 N–H and O–H groups in total. The predicted octanol–water partition coefficient (Wildman–Crippen LogP) is 6.91. The van der Waals surface area contributed by atoms with Gasteiger partial charge in [0, 0.05) is 6.54 Å². The number of unbranched alkanes of at least 4 members (excludes halogenated alkanes) is 1. The summed E-state index contributed by atoms with van der Waals surface area (Å²) in [7, 11) is 1.66. The summed E-state index contributed by atoms with van der Waals surface area (Å²) in [6.45, 7) is 8.51. The van der Waals surface area contributed by atoms with Gasteiger partial charge in [-0.1, -0.05) is 38.1 Å². The van der Waals surface area contributed by atoms with Crippen LogP contribution in [0.3, 0.4) is 0 Å². The number of aryl methyl sites for hydroxylation is 2. The minimum Gasteiger partial charge on any atom is -0.497 e. The Labute approximate surface area is 202 Å². The number of fused-ring (bicyclic) bond motifs is 1. The number of hydrogen-bond donors (Lipinski definition) is 0. The molecule has 0 radical (unpaired) electrons. The summed E-state index contributed by atoms with van der Waals surface area (Å²) in [6, 6.07) is 22.4. The molecule has 34 heavy (non-hydrogen) atoms. The molecule has 0 fully saturated rings. The Balaban J connectivity index is 1.38. The molecule has 178 valence electrons. The molecule has 0 aliphatic heterocycles. The van der Waals surface area contributed by atoms with E-state index in [0.29, 0.717) is 19.1 Å². The zero-order valence-corrected chi connectivity index (χ0v) is 20.6. The van der Waals surface area contributed by atoms with Gasteiger partial charge >= 0.3 is 0 Å². The maximum absolute atomic E-state index is 6.18. The van der Waals surface area contributed by atoms with Crippen LogP contribution in [0.25, 0.3) is 11.0 Å². The smallest absolute Gasteiger partial charge is 0.147 e. The molecular formula is C29H34N2O3. The van der Waals surface area contributed by atoms with Crippen molar-refractivity contribution < 1.29 is 14.2 Å². The van der Waals surface area contributed by atoms with Crippen molar-refractivity contribution in [3.63, 3.8) is 0 Å². The third-order valence-corrected chi connectivity index (χ3v) is 5.99. The number of para-hydroxylation sites is 2. The highest BCUT2D eigenvalue weighted by molar-refractivity contribution is 5.75. The number of rotatable bonds is 11. The highest BCUT2D eigenvalue weighted by atomic mass is 16.5. The standard InChI is InChI=1S/C29H34N2O3/c1-21(2)25-16-11-22(3)19-28(25)33-18-8-7-17-31-27-10-6-5-9-26(27)30-29(31)20-34-24-14-12-23(32-4)13-15-24/h5-6,9-16,19,21H,7-8,17-18,20H2,1-4H3. The van der Waals surface area contributed by atoms with E-state index in [9.17, 15) is 0 Å². The van der Waals surface area contributed by atoms with Gasteiger partial charge in [-0.25, -0.2) is 4.98 Å². The zero-order chi connectivity index (χ0) is 23.9. The minimum atomic E-state index is 0.415. The molecule has 0 amide bonds. The summed E-state index contributed by atoms with van der Waals surface area (Å²) in [6.07, 6.45) is 1.97. The van der Waals surface area contributed by atoms with E-state index in [2.05, 4.69) is 61.7 Å². The Hall–Kier alpha value is -3.47. The normalized spacial score (nSPS) is 11.2. The highest BCUT2D eigenvalue weighted by Crippen LogP contribution is 2.28. The molecule has 0 atom stereocenters. The molecule has 0 spiro atoms. The van der Waals surface area contributed by atoms with Gasteiger partial charge in [-0.05, 0) is 79.3 Å². The number of imidazole rings is 1. The number of hydrogen-bond acceptors (Lipinski definition) is 4. The first-order valence-corrected chi connectivity index (χ1v) is 12.0. The fraction of sp³-hybridized carbons (Fsp3) is 0.345. The summed E-state index contributed by atoms with van der Waals surface area (Å²) < 4.78 is 19.7. The van der Waals surface area contributed by atoms with Crippen molar-refractivity contribution in [3.05, 3.63) is 83.7 Å². The van der Waals surface area contributed by atoms with Crippen molar-refractivity contribution in [1.29, 1.82) is 0 Å². The van der Waals surface area contributed by atoms with Crippen molar-refractivity contribution >= 4 is 11.0 Å². The van der Waals surface area contributed by atoms with Crippen molar-refractivity contribution in [2.75, 3.05) is 13.7 Å². The molecule has 5 heteroatoms. The van der Waals surface area contributed by atoms with Gasteiger partial charge in [0.15, 0.2) is 0 Å². The van der Waals surface area contributed by atoms with Crippen molar-refractivity contribution in [3.8, 4) is 17.2 Å². The first-order chi connectivity index (χ1) is 16.5. The summed E-state index contributed by atoms with van der Waals surface area (Å²) >= 11 is 0. The van der Waals surface area contributed by atoms with Crippen LogP contribution >= 0.6 is 0 Å². The Kier molecular flexibility index (Phi) is 7.73. The van der Waals surface area contributed by atoms with Crippen molar-refractivity contribution in [1.82, 2.24) is 9.55 Å². The van der Waals surface area contributed by atoms with E-state index in [-0.39, 0.29) is 0 Å². The molecule has 0 saturated carbocycles. The summed E-state index contributed by atoms with van der Waals surface area (Å²) in [5, 5.41) is 0. The lowest BCUT2D eigenvalue weighted by Crippen LogP contribution is -2.09. The number of ether oxygens (including phenoxy) is 3. The molecule has 3 aromatic carbocycles. The van der Waals surface area contributed by atoms with E-state index < -0.39 is 0 Å². The number of benzene rings is 3. The molecule has 1 heterocycles. The summed E-state index contributed by atoms with van der Waals surface area (Å²) in [4.78, 5) is 4.83. The quantitative estimate of drug-likeness (QED) is 0.229. The Bertz CT molecular complexity index is 1210. The number of aromatic nitrogens is 2. The van der Waals surface area contributed by atoms with Gasteiger partial charge in [0.2, 0.25) is 0 Å². The topological polar surface area (TPSA) is 45.5 Å². The highest BCUT2D eigenvalue weighted by Gasteiger charge is 2.12. The van der Waals surface area contributed by atoms with Gasteiger partial charge in [0.05, 0.1) is 24.8 Å². The Morgan fingerprint density at radius 1 is 0.882 bits per heavy atom. The van der Waals surface area contributed by atoms with Crippen LogP contribution in [0.5, 0.6) is 17.2 Å². The lowest BCUT2D eigenvalue weighted by molar-refractivity contribution is 0.284. The number of nitrogens with zero attached hydrogens (tertiary/aromatic N) is 2. The van der Waals surface area contributed by atoms with Crippen molar-refractivity contribution in [2.24, 2.45) is 0 Å². The third kappa shape index (κ3) is 5.71. The van der Waals surface area contributed by atoms with Crippen LogP contribution in [0.4, 0.5) is 0 Å². The van der Waals surface area contributed by atoms with E-state index in [4.69, 9.17) is 19.2 Å².